The summed E-state index contributed by atoms with van der Waals surface area (Å²) in [5.74, 6) is 0.256. The van der Waals surface area contributed by atoms with Gasteiger partial charge in [0.15, 0.2) is 0 Å². The van der Waals surface area contributed by atoms with Crippen molar-refractivity contribution in [1.82, 2.24) is 0 Å². The van der Waals surface area contributed by atoms with E-state index in [1.807, 2.05) is 56.3 Å². The Hall–Kier alpha value is -2.49. The van der Waals surface area contributed by atoms with E-state index in [-0.39, 0.29) is 12.0 Å². The summed E-state index contributed by atoms with van der Waals surface area (Å²) in [5.41, 5.74) is 2.29. The summed E-state index contributed by atoms with van der Waals surface area (Å²) in [6, 6.07) is 15.5. The van der Waals surface area contributed by atoms with Gasteiger partial charge in [0.25, 0.3) is 0 Å². The SMILES string of the molecule is COC(=O)c1cc(OCc2ccccc2)ccc1NC(C)C. The molecule has 4 heteroatoms. The van der Waals surface area contributed by atoms with Gasteiger partial charge < -0.3 is 14.8 Å². The molecule has 0 atom stereocenters. The number of rotatable bonds is 6. The Kier molecular flexibility index (Phi) is 5.42. The summed E-state index contributed by atoms with van der Waals surface area (Å²) in [7, 11) is 1.37. The molecule has 2 aromatic carbocycles. The van der Waals surface area contributed by atoms with Crippen molar-refractivity contribution >= 4 is 11.7 Å². The first-order valence-electron chi connectivity index (χ1n) is 7.25. The van der Waals surface area contributed by atoms with Crippen LogP contribution in [0.3, 0.4) is 0 Å². The lowest BCUT2D eigenvalue weighted by Gasteiger charge is -2.15. The Morgan fingerprint density at radius 3 is 2.50 bits per heavy atom. The number of benzene rings is 2. The minimum atomic E-state index is -0.381. The van der Waals surface area contributed by atoms with Gasteiger partial charge in [0.05, 0.1) is 12.7 Å². The van der Waals surface area contributed by atoms with E-state index in [0.29, 0.717) is 17.9 Å². The van der Waals surface area contributed by atoms with Gasteiger partial charge in [-0.15, -0.1) is 0 Å². The normalized spacial score (nSPS) is 10.4. The summed E-state index contributed by atoms with van der Waals surface area (Å²) in [6.07, 6.45) is 0. The van der Waals surface area contributed by atoms with Crippen molar-refractivity contribution in [1.29, 1.82) is 0 Å². The van der Waals surface area contributed by atoms with Crippen LogP contribution in [0.4, 0.5) is 5.69 Å². The molecule has 0 fully saturated rings. The highest BCUT2D eigenvalue weighted by atomic mass is 16.5. The van der Waals surface area contributed by atoms with E-state index < -0.39 is 0 Å². The van der Waals surface area contributed by atoms with E-state index in [2.05, 4.69) is 5.32 Å². The number of ether oxygens (including phenoxy) is 2. The first-order valence-corrected chi connectivity index (χ1v) is 7.25. The molecule has 0 heterocycles. The van der Waals surface area contributed by atoms with Crippen molar-refractivity contribution in [2.24, 2.45) is 0 Å². The third-order valence-electron chi connectivity index (χ3n) is 3.09. The lowest BCUT2D eigenvalue weighted by Crippen LogP contribution is -2.14. The Morgan fingerprint density at radius 2 is 1.86 bits per heavy atom. The Morgan fingerprint density at radius 1 is 1.14 bits per heavy atom. The number of hydrogen-bond donors (Lipinski definition) is 1. The maximum atomic E-state index is 11.9. The monoisotopic (exact) mass is 299 g/mol. The molecule has 116 valence electrons. The quantitative estimate of drug-likeness (QED) is 0.823. The lowest BCUT2D eigenvalue weighted by atomic mass is 10.1. The molecule has 0 aliphatic carbocycles. The average molecular weight is 299 g/mol. The minimum absolute atomic E-state index is 0.222. The number of nitrogens with one attached hydrogen (secondary N) is 1. The summed E-state index contributed by atoms with van der Waals surface area (Å²) >= 11 is 0. The van der Waals surface area contributed by atoms with Crippen LogP contribution in [-0.2, 0) is 11.3 Å². The van der Waals surface area contributed by atoms with E-state index in [4.69, 9.17) is 9.47 Å². The summed E-state index contributed by atoms with van der Waals surface area (Å²) in [6.45, 7) is 4.49. The zero-order valence-corrected chi connectivity index (χ0v) is 13.1. The number of hydrogen-bond acceptors (Lipinski definition) is 4. The van der Waals surface area contributed by atoms with Gasteiger partial charge in [-0.25, -0.2) is 4.79 Å². The van der Waals surface area contributed by atoms with E-state index in [1.165, 1.54) is 7.11 Å². The van der Waals surface area contributed by atoms with Gasteiger partial charge in [-0.2, -0.15) is 0 Å². The van der Waals surface area contributed by atoms with Crippen LogP contribution in [0, 0.1) is 0 Å². The van der Waals surface area contributed by atoms with E-state index >= 15 is 0 Å². The lowest BCUT2D eigenvalue weighted by molar-refractivity contribution is 0.0601. The molecule has 0 aliphatic rings. The van der Waals surface area contributed by atoms with Gasteiger partial charge in [0.2, 0.25) is 0 Å². The largest absolute Gasteiger partial charge is 0.489 e. The molecule has 4 nitrogen and oxygen atoms in total. The highest BCUT2D eigenvalue weighted by Crippen LogP contribution is 2.24. The van der Waals surface area contributed by atoms with Crippen LogP contribution in [0.15, 0.2) is 48.5 Å². The molecular weight excluding hydrogens is 278 g/mol. The van der Waals surface area contributed by atoms with E-state index in [0.717, 1.165) is 11.3 Å². The van der Waals surface area contributed by atoms with Crippen LogP contribution >= 0.6 is 0 Å². The number of esters is 1. The van der Waals surface area contributed by atoms with Crippen molar-refractivity contribution in [3.8, 4) is 5.75 Å². The zero-order chi connectivity index (χ0) is 15.9. The molecule has 0 saturated heterocycles. The molecule has 22 heavy (non-hydrogen) atoms. The Bertz CT molecular complexity index is 623. The molecule has 1 N–H and O–H groups in total. The second-order valence-corrected chi connectivity index (χ2v) is 5.27. The van der Waals surface area contributed by atoms with Crippen molar-refractivity contribution in [2.45, 2.75) is 26.5 Å². The highest BCUT2D eigenvalue weighted by molar-refractivity contribution is 5.96. The van der Waals surface area contributed by atoms with E-state index in [1.54, 1.807) is 6.07 Å². The van der Waals surface area contributed by atoms with Crippen molar-refractivity contribution in [2.75, 3.05) is 12.4 Å². The fourth-order valence-electron chi connectivity index (χ4n) is 2.07. The van der Waals surface area contributed by atoms with Gasteiger partial charge in [-0.05, 0) is 37.6 Å². The summed E-state index contributed by atoms with van der Waals surface area (Å²) in [4.78, 5) is 11.9. The molecule has 0 amide bonds. The third kappa shape index (κ3) is 4.25. The molecule has 0 aromatic heterocycles. The molecular formula is C18H21NO3. The molecule has 0 saturated carbocycles. The fourth-order valence-corrected chi connectivity index (χ4v) is 2.07. The Labute approximate surface area is 131 Å². The van der Waals surface area contributed by atoms with Crippen molar-refractivity contribution < 1.29 is 14.3 Å². The van der Waals surface area contributed by atoms with Crippen LogP contribution in [0.1, 0.15) is 29.8 Å². The summed E-state index contributed by atoms with van der Waals surface area (Å²) < 4.78 is 10.6. The molecule has 2 rings (SSSR count). The van der Waals surface area contributed by atoms with Crippen LogP contribution in [0.25, 0.3) is 0 Å². The second-order valence-electron chi connectivity index (χ2n) is 5.27. The molecule has 0 radical (unpaired) electrons. The summed E-state index contributed by atoms with van der Waals surface area (Å²) in [5, 5.41) is 3.23. The van der Waals surface area contributed by atoms with Crippen molar-refractivity contribution in [3.63, 3.8) is 0 Å². The van der Waals surface area contributed by atoms with Gasteiger partial charge in [0.1, 0.15) is 12.4 Å². The topological polar surface area (TPSA) is 47.6 Å². The Balaban J connectivity index is 2.17. The minimum Gasteiger partial charge on any atom is -0.489 e. The van der Waals surface area contributed by atoms with Crippen LogP contribution in [0.2, 0.25) is 0 Å². The molecule has 0 aliphatic heterocycles. The standard InChI is InChI=1S/C18H21NO3/c1-13(2)19-17-10-9-15(11-16(17)18(20)21-3)22-12-14-7-5-4-6-8-14/h4-11,13,19H,12H2,1-3H3. The van der Waals surface area contributed by atoms with E-state index in [9.17, 15) is 4.79 Å². The van der Waals surface area contributed by atoms with Crippen molar-refractivity contribution in [3.05, 3.63) is 59.7 Å². The predicted octanol–water partition coefficient (Wildman–Crippen LogP) is 3.87. The first kappa shape index (κ1) is 15.9. The number of methoxy groups -OCH3 is 1. The number of anilines is 1. The smallest absolute Gasteiger partial charge is 0.340 e. The molecule has 0 bridgehead atoms. The van der Waals surface area contributed by atoms with Gasteiger partial charge in [0, 0.05) is 11.7 Å². The predicted molar refractivity (Wildman–Crippen MR) is 87.3 cm³/mol. The first-order chi connectivity index (χ1) is 10.6. The zero-order valence-electron chi connectivity index (χ0n) is 13.1. The maximum absolute atomic E-state index is 11.9. The van der Waals surface area contributed by atoms with Crippen LogP contribution < -0.4 is 10.1 Å². The fraction of sp³-hybridized carbons (Fsp3) is 0.278. The van der Waals surface area contributed by atoms with Gasteiger partial charge in [-0.1, -0.05) is 30.3 Å². The third-order valence-corrected chi connectivity index (χ3v) is 3.09. The van der Waals surface area contributed by atoms with Crippen LogP contribution in [0.5, 0.6) is 5.75 Å². The molecule has 0 spiro atoms. The number of carbonyl (C=O) groups excluding carboxylic acids is 1. The highest BCUT2D eigenvalue weighted by Gasteiger charge is 2.14. The van der Waals surface area contributed by atoms with Gasteiger partial charge >= 0.3 is 5.97 Å². The second kappa shape index (κ2) is 7.50. The average Bonchev–Trinajstić information content (AvgIpc) is 2.53. The number of carbonyl (C=O) groups is 1. The van der Waals surface area contributed by atoms with Crippen LogP contribution in [-0.4, -0.2) is 19.1 Å². The maximum Gasteiger partial charge on any atom is 0.340 e. The van der Waals surface area contributed by atoms with Gasteiger partial charge in [-0.3, -0.25) is 0 Å². The molecule has 0 unspecified atom stereocenters. The molecule has 2 aromatic rings.